The second-order valence-corrected chi connectivity index (χ2v) is 6.39. The summed E-state index contributed by atoms with van der Waals surface area (Å²) in [6.07, 6.45) is 3.19. The molecule has 102 valence electrons. The van der Waals surface area contributed by atoms with Gasteiger partial charge in [-0.3, -0.25) is 4.98 Å². The Morgan fingerprint density at radius 2 is 2.05 bits per heavy atom. The summed E-state index contributed by atoms with van der Waals surface area (Å²) in [6, 6.07) is 5.75. The summed E-state index contributed by atoms with van der Waals surface area (Å²) in [7, 11) is 0. The van der Waals surface area contributed by atoms with Gasteiger partial charge in [0, 0.05) is 21.8 Å². The van der Waals surface area contributed by atoms with Gasteiger partial charge in [-0.15, -0.1) is 12.4 Å². The van der Waals surface area contributed by atoms with Crippen LogP contribution in [0.4, 0.5) is 5.69 Å². The molecule has 0 aliphatic heterocycles. The first-order valence-electron chi connectivity index (χ1n) is 6.33. The van der Waals surface area contributed by atoms with Crippen molar-refractivity contribution in [3.05, 3.63) is 34.5 Å². The minimum absolute atomic E-state index is 0. The topological polar surface area (TPSA) is 38.9 Å². The molecule has 0 bridgehead atoms. The lowest BCUT2D eigenvalue weighted by atomic mass is 9.75. The van der Waals surface area contributed by atoms with E-state index < -0.39 is 0 Å². The smallest absolute Gasteiger partial charge is 0.0741 e. The van der Waals surface area contributed by atoms with E-state index in [1.165, 1.54) is 12.0 Å². The number of benzene rings is 1. The van der Waals surface area contributed by atoms with E-state index in [-0.39, 0.29) is 12.4 Å². The number of fused-ring (bicyclic) bond motifs is 2. The molecule has 19 heavy (non-hydrogen) atoms. The van der Waals surface area contributed by atoms with Crippen LogP contribution in [0.2, 0.25) is 5.02 Å². The van der Waals surface area contributed by atoms with E-state index in [2.05, 4.69) is 13.8 Å². The molecule has 1 aromatic carbocycles. The van der Waals surface area contributed by atoms with Crippen LogP contribution in [-0.4, -0.2) is 4.98 Å². The highest BCUT2D eigenvalue weighted by Crippen LogP contribution is 2.38. The van der Waals surface area contributed by atoms with Crippen molar-refractivity contribution < 1.29 is 0 Å². The number of anilines is 1. The average molecular weight is 297 g/mol. The first kappa shape index (κ1) is 14.4. The van der Waals surface area contributed by atoms with Crippen molar-refractivity contribution in [1.29, 1.82) is 0 Å². The molecule has 2 nitrogen and oxygen atoms in total. The summed E-state index contributed by atoms with van der Waals surface area (Å²) in [6.45, 7) is 4.58. The molecule has 1 heterocycles. The summed E-state index contributed by atoms with van der Waals surface area (Å²) in [4.78, 5) is 4.77. The molecular formula is C15H18Cl2N2. The number of rotatable bonds is 0. The zero-order chi connectivity index (χ0) is 12.9. The Balaban J connectivity index is 0.00000133. The highest BCUT2D eigenvalue weighted by atomic mass is 35.5. The van der Waals surface area contributed by atoms with E-state index in [0.29, 0.717) is 10.4 Å². The highest BCUT2D eigenvalue weighted by molar-refractivity contribution is 6.31. The Morgan fingerprint density at radius 1 is 1.32 bits per heavy atom. The fourth-order valence-corrected chi connectivity index (χ4v) is 2.95. The lowest BCUT2D eigenvalue weighted by Crippen LogP contribution is -2.24. The predicted octanol–water partition coefficient (Wildman–Crippen LogP) is 4.41. The van der Waals surface area contributed by atoms with E-state index in [0.717, 1.165) is 35.1 Å². The van der Waals surface area contributed by atoms with Gasteiger partial charge in [0.25, 0.3) is 0 Å². The number of pyridine rings is 1. The van der Waals surface area contributed by atoms with Gasteiger partial charge in [0.1, 0.15) is 0 Å². The summed E-state index contributed by atoms with van der Waals surface area (Å²) in [5.41, 5.74) is 10.8. The van der Waals surface area contributed by atoms with Crippen LogP contribution in [0, 0.1) is 5.41 Å². The van der Waals surface area contributed by atoms with Gasteiger partial charge in [0.2, 0.25) is 0 Å². The zero-order valence-corrected chi connectivity index (χ0v) is 12.7. The Labute approximate surface area is 124 Å². The third-order valence-corrected chi connectivity index (χ3v) is 4.11. The molecule has 0 atom stereocenters. The number of halogens is 2. The Kier molecular flexibility index (Phi) is 3.67. The van der Waals surface area contributed by atoms with Crippen molar-refractivity contribution in [2.45, 2.75) is 33.1 Å². The minimum atomic E-state index is 0. The first-order chi connectivity index (χ1) is 8.46. The molecule has 0 unspecified atom stereocenters. The summed E-state index contributed by atoms with van der Waals surface area (Å²) in [5.74, 6) is 0. The van der Waals surface area contributed by atoms with E-state index >= 15 is 0 Å². The molecule has 2 N–H and O–H groups in total. The molecule has 0 radical (unpaired) electrons. The molecular weight excluding hydrogens is 279 g/mol. The molecule has 3 rings (SSSR count). The Bertz CT molecular complexity index is 636. The monoisotopic (exact) mass is 296 g/mol. The molecule has 1 aromatic heterocycles. The lowest BCUT2D eigenvalue weighted by Gasteiger charge is -2.31. The maximum atomic E-state index is 6.30. The molecule has 0 amide bonds. The number of nitrogens with two attached hydrogens (primary N) is 1. The molecule has 4 heteroatoms. The molecule has 0 saturated carbocycles. The normalized spacial score (nSPS) is 16.8. The quantitative estimate of drug-likeness (QED) is 0.782. The Morgan fingerprint density at radius 3 is 2.79 bits per heavy atom. The van der Waals surface area contributed by atoms with Gasteiger partial charge < -0.3 is 5.73 Å². The number of nitrogen functional groups attached to an aromatic ring is 1. The number of nitrogens with zero attached hydrogens (tertiary/aromatic N) is 1. The van der Waals surface area contributed by atoms with Gasteiger partial charge in [-0.25, -0.2) is 0 Å². The third-order valence-electron chi connectivity index (χ3n) is 3.88. The van der Waals surface area contributed by atoms with Gasteiger partial charge in [-0.1, -0.05) is 25.4 Å². The van der Waals surface area contributed by atoms with Crippen LogP contribution in [0.25, 0.3) is 10.9 Å². The van der Waals surface area contributed by atoms with Crippen LogP contribution in [0.5, 0.6) is 0 Å². The molecule has 1 aliphatic carbocycles. The van der Waals surface area contributed by atoms with Gasteiger partial charge in [0.05, 0.1) is 5.52 Å². The predicted molar refractivity (Wildman–Crippen MR) is 84.2 cm³/mol. The number of hydrogen-bond acceptors (Lipinski definition) is 2. The summed E-state index contributed by atoms with van der Waals surface area (Å²) >= 11 is 6.03. The van der Waals surface area contributed by atoms with Crippen molar-refractivity contribution in [2.75, 3.05) is 5.73 Å². The van der Waals surface area contributed by atoms with E-state index in [1.807, 2.05) is 18.2 Å². The maximum Gasteiger partial charge on any atom is 0.0741 e. The molecule has 0 spiro atoms. The van der Waals surface area contributed by atoms with Gasteiger partial charge in [-0.2, -0.15) is 0 Å². The van der Waals surface area contributed by atoms with Gasteiger partial charge in [0.15, 0.2) is 0 Å². The SMILES string of the molecule is CC1(C)CCc2c(nc3cc(Cl)ccc3c2N)C1.Cl. The first-order valence-corrected chi connectivity index (χ1v) is 6.71. The number of aromatic nitrogens is 1. The molecule has 1 aliphatic rings. The van der Waals surface area contributed by atoms with Crippen LogP contribution >= 0.6 is 24.0 Å². The molecule has 0 fully saturated rings. The number of hydrogen-bond donors (Lipinski definition) is 1. The zero-order valence-electron chi connectivity index (χ0n) is 11.2. The van der Waals surface area contributed by atoms with Crippen LogP contribution in [0.3, 0.4) is 0 Å². The Hall–Kier alpha value is -0.990. The second kappa shape index (κ2) is 4.84. The standard InChI is InChI=1S/C15H17ClN2.ClH/c1-15(2)6-5-11-13(8-15)18-12-7-9(16)3-4-10(12)14(11)17;/h3-4,7H,5-6,8H2,1-2H3,(H2,17,18);1H. The van der Waals surface area contributed by atoms with Gasteiger partial charge >= 0.3 is 0 Å². The third kappa shape index (κ3) is 2.52. The van der Waals surface area contributed by atoms with Crippen LogP contribution < -0.4 is 5.73 Å². The van der Waals surface area contributed by atoms with E-state index in [4.69, 9.17) is 22.3 Å². The highest BCUT2D eigenvalue weighted by Gasteiger charge is 2.28. The van der Waals surface area contributed by atoms with Crippen LogP contribution in [-0.2, 0) is 12.8 Å². The molecule has 2 aromatic rings. The second-order valence-electron chi connectivity index (χ2n) is 5.95. The lowest BCUT2D eigenvalue weighted by molar-refractivity contribution is 0.312. The largest absolute Gasteiger partial charge is 0.398 e. The summed E-state index contributed by atoms with van der Waals surface area (Å²) < 4.78 is 0. The van der Waals surface area contributed by atoms with Crippen molar-refractivity contribution >= 4 is 40.6 Å². The minimum Gasteiger partial charge on any atom is -0.398 e. The van der Waals surface area contributed by atoms with Crippen molar-refractivity contribution in [1.82, 2.24) is 4.98 Å². The average Bonchev–Trinajstić information content (AvgIpc) is 2.27. The van der Waals surface area contributed by atoms with Crippen molar-refractivity contribution in [3.63, 3.8) is 0 Å². The summed E-state index contributed by atoms with van der Waals surface area (Å²) in [5, 5.41) is 1.74. The van der Waals surface area contributed by atoms with E-state index in [1.54, 1.807) is 0 Å². The van der Waals surface area contributed by atoms with Crippen LogP contribution in [0.15, 0.2) is 18.2 Å². The maximum absolute atomic E-state index is 6.30. The van der Waals surface area contributed by atoms with Crippen molar-refractivity contribution in [3.8, 4) is 0 Å². The van der Waals surface area contributed by atoms with Crippen molar-refractivity contribution in [2.24, 2.45) is 5.41 Å². The van der Waals surface area contributed by atoms with Gasteiger partial charge in [-0.05, 0) is 48.4 Å². The van der Waals surface area contributed by atoms with E-state index in [9.17, 15) is 0 Å². The molecule has 0 saturated heterocycles. The fourth-order valence-electron chi connectivity index (χ4n) is 2.79. The van der Waals surface area contributed by atoms with Crippen LogP contribution in [0.1, 0.15) is 31.5 Å². The fraction of sp³-hybridized carbons (Fsp3) is 0.400.